The van der Waals surface area contributed by atoms with E-state index < -0.39 is 0 Å². The Morgan fingerprint density at radius 1 is 1.18 bits per heavy atom. The molecule has 34 heavy (non-hydrogen) atoms. The van der Waals surface area contributed by atoms with Crippen LogP contribution >= 0.6 is 11.8 Å². The van der Waals surface area contributed by atoms with Gasteiger partial charge in [0.15, 0.2) is 22.5 Å². The molecular weight excluding hydrogens is 453 g/mol. The van der Waals surface area contributed by atoms with E-state index in [-0.39, 0.29) is 30.1 Å². The van der Waals surface area contributed by atoms with Crippen molar-refractivity contribution in [2.24, 2.45) is 17.8 Å². The Labute approximate surface area is 205 Å². The number of hydrogen-bond acceptors (Lipinski definition) is 6. The largest absolute Gasteiger partial charge is 0.483 e. The van der Waals surface area contributed by atoms with Gasteiger partial charge in [-0.1, -0.05) is 30.3 Å². The molecule has 0 N–H and O–H groups in total. The molecule has 5 rings (SSSR count). The maximum Gasteiger partial charge on any atom is 0.233 e. The fourth-order valence-electron chi connectivity index (χ4n) is 5.97. The van der Waals surface area contributed by atoms with Gasteiger partial charge in [0.05, 0.1) is 5.75 Å². The van der Waals surface area contributed by atoms with Crippen molar-refractivity contribution < 1.29 is 13.9 Å². The molecule has 9 heteroatoms. The summed E-state index contributed by atoms with van der Waals surface area (Å²) in [6.07, 6.45) is 5.21. The highest BCUT2D eigenvalue weighted by Crippen LogP contribution is 2.52. The highest BCUT2D eigenvalue weighted by molar-refractivity contribution is 7.99. The number of carbonyl (C=O) groups excluding carboxylic acids is 1. The highest BCUT2D eigenvalue weighted by Gasteiger charge is 2.43. The van der Waals surface area contributed by atoms with Gasteiger partial charge < -0.3 is 14.5 Å². The van der Waals surface area contributed by atoms with Gasteiger partial charge in [-0.25, -0.2) is 4.39 Å². The van der Waals surface area contributed by atoms with Crippen molar-refractivity contribution >= 4 is 17.7 Å². The minimum atomic E-state index is -0.387. The van der Waals surface area contributed by atoms with Crippen molar-refractivity contribution in [2.45, 2.75) is 50.4 Å². The van der Waals surface area contributed by atoms with Crippen molar-refractivity contribution in [1.29, 1.82) is 0 Å². The number of carbonyl (C=O) groups is 1. The summed E-state index contributed by atoms with van der Waals surface area (Å²) in [7, 11) is 2.08. The van der Waals surface area contributed by atoms with Crippen molar-refractivity contribution in [2.75, 3.05) is 39.0 Å². The van der Waals surface area contributed by atoms with Gasteiger partial charge in [-0.05, 0) is 63.1 Å². The van der Waals surface area contributed by atoms with E-state index in [9.17, 15) is 9.18 Å². The Hall–Kier alpha value is -2.13. The maximum absolute atomic E-state index is 14.1. The summed E-state index contributed by atoms with van der Waals surface area (Å²) >= 11 is 1.46. The van der Waals surface area contributed by atoms with Gasteiger partial charge in [0.1, 0.15) is 6.61 Å². The first-order valence-corrected chi connectivity index (χ1v) is 13.4. The number of ether oxygens (including phenoxy) is 1. The van der Waals surface area contributed by atoms with E-state index in [0.29, 0.717) is 17.5 Å². The molecule has 2 bridgehead atoms. The number of likely N-dealkylation sites (N-methyl/N-ethyl adjacent to an activating group) is 1. The lowest BCUT2D eigenvalue weighted by atomic mass is 9.84. The van der Waals surface area contributed by atoms with Gasteiger partial charge in [0.2, 0.25) is 5.91 Å². The Morgan fingerprint density at radius 2 is 1.97 bits per heavy atom. The lowest BCUT2D eigenvalue weighted by Crippen LogP contribution is -2.47. The molecule has 184 valence electrons. The number of para-hydroxylation sites is 1. The average molecular weight is 488 g/mol. The van der Waals surface area contributed by atoms with E-state index >= 15 is 0 Å². The molecule has 0 spiro atoms. The molecular formula is C25H34FN5O2S. The standard InChI is InChI=1S/C25H34FN5O2S/c1-17(20-14-18-7-8-19(20)13-18)31-23(15-33-22-6-4-3-5-21(22)26)27-28-25(31)34-16-24(32)30-11-9-29(2)10-12-30/h3-6,17-20H,7-16H2,1-2H3. The lowest BCUT2D eigenvalue weighted by Gasteiger charge is -2.32. The molecule has 1 amide bonds. The van der Waals surface area contributed by atoms with Crippen LogP contribution in [0.5, 0.6) is 5.75 Å². The third-order valence-electron chi connectivity index (χ3n) is 7.93. The second kappa shape index (κ2) is 10.2. The topological polar surface area (TPSA) is 63.5 Å². The summed E-state index contributed by atoms with van der Waals surface area (Å²) in [5, 5.41) is 9.64. The second-order valence-corrected chi connectivity index (χ2v) is 11.0. The van der Waals surface area contributed by atoms with E-state index in [1.54, 1.807) is 18.2 Å². The van der Waals surface area contributed by atoms with E-state index in [1.807, 2.05) is 4.90 Å². The first-order valence-electron chi connectivity index (χ1n) is 12.4. The normalized spacial score (nSPS) is 25.6. The summed E-state index contributed by atoms with van der Waals surface area (Å²) in [4.78, 5) is 17.0. The average Bonchev–Trinajstić information content (AvgIpc) is 3.58. The van der Waals surface area contributed by atoms with Gasteiger partial charge in [0, 0.05) is 32.2 Å². The fraction of sp³-hybridized carbons (Fsp3) is 0.640. The number of hydrogen-bond donors (Lipinski definition) is 0. The molecule has 2 aromatic rings. The van der Waals surface area contributed by atoms with Crippen LogP contribution in [0, 0.1) is 23.6 Å². The monoisotopic (exact) mass is 487 g/mol. The smallest absolute Gasteiger partial charge is 0.233 e. The van der Waals surface area contributed by atoms with Crippen molar-refractivity contribution in [3.05, 3.63) is 35.9 Å². The van der Waals surface area contributed by atoms with Gasteiger partial charge >= 0.3 is 0 Å². The quantitative estimate of drug-likeness (QED) is 0.527. The highest BCUT2D eigenvalue weighted by atomic mass is 32.2. The molecule has 1 aromatic heterocycles. The number of nitrogens with zero attached hydrogens (tertiary/aromatic N) is 5. The molecule has 3 aliphatic rings. The summed E-state index contributed by atoms with van der Waals surface area (Å²) in [6.45, 7) is 5.74. The number of benzene rings is 1. The Kier molecular flexibility index (Phi) is 7.11. The number of thioether (sulfide) groups is 1. The summed E-state index contributed by atoms with van der Waals surface area (Å²) in [5.41, 5.74) is 0. The molecule has 7 nitrogen and oxygen atoms in total. The number of piperazine rings is 1. The van der Waals surface area contributed by atoms with Gasteiger partial charge in [-0.15, -0.1) is 10.2 Å². The van der Waals surface area contributed by atoms with E-state index in [2.05, 4.69) is 33.6 Å². The summed E-state index contributed by atoms with van der Waals surface area (Å²) in [6, 6.07) is 6.63. The first kappa shape index (κ1) is 23.6. The second-order valence-electron chi connectivity index (χ2n) is 10.0. The molecule has 1 aromatic carbocycles. The number of amides is 1. The number of rotatable bonds is 8. The zero-order valence-electron chi connectivity index (χ0n) is 20.0. The number of fused-ring (bicyclic) bond motifs is 2. The minimum absolute atomic E-state index is 0.143. The molecule has 4 unspecified atom stereocenters. The first-order chi connectivity index (χ1) is 16.5. The number of halogens is 1. The van der Waals surface area contributed by atoms with Gasteiger partial charge in [-0.2, -0.15) is 0 Å². The van der Waals surface area contributed by atoms with E-state index in [0.717, 1.165) is 43.2 Å². The van der Waals surface area contributed by atoms with Gasteiger partial charge in [0.25, 0.3) is 0 Å². The molecule has 2 aliphatic carbocycles. The molecule has 2 saturated carbocycles. The summed E-state index contributed by atoms with van der Waals surface area (Å²) < 4.78 is 22.1. The zero-order chi connectivity index (χ0) is 23.7. The van der Waals surface area contributed by atoms with Crippen LogP contribution < -0.4 is 4.74 Å². The molecule has 0 radical (unpaired) electrons. The lowest BCUT2D eigenvalue weighted by molar-refractivity contribution is -0.129. The minimum Gasteiger partial charge on any atom is -0.483 e. The van der Waals surface area contributed by atoms with Crippen LogP contribution in [0.4, 0.5) is 4.39 Å². The van der Waals surface area contributed by atoms with Crippen LogP contribution in [-0.2, 0) is 11.4 Å². The molecule has 2 heterocycles. The van der Waals surface area contributed by atoms with Crippen molar-refractivity contribution in [1.82, 2.24) is 24.6 Å². The molecule has 1 aliphatic heterocycles. The van der Waals surface area contributed by atoms with E-state index in [1.165, 1.54) is 43.5 Å². The third-order valence-corrected chi connectivity index (χ3v) is 8.86. The molecule has 3 fully saturated rings. The van der Waals surface area contributed by atoms with Crippen LogP contribution in [0.25, 0.3) is 0 Å². The summed E-state index contributed by atoms with van der Waals surface area (Å²) in [5.74, 6) is 3.16. The molecule has 4 atom stereocenters. The Morgan fingerprint density at radius 3 is 2.68 bits per heavy atom. The van der Waals surface area contributed by atoms with Crippen LogP contribution in [0.15, 0.2) is 29.4 Å². The fourth-order valence-corrected chi connectivity index (χ4v) is 6.91. The molecule has 1 saturated heterocycles. The van der Waals surface area contributed by atoms with Crippen molar-refractivity contribution in [3.63, 3.8) is 0 Å². The van der Waals surface area contributed by atoms with Crippen molar-refractivity contribution in [3.8, 4) is 5.75 Å². The Bertz CT molecular complexity index is 1010. The van der Waals surface area contributed by atoms with E-state index in [4.69, 9.17) is 4.74 Å². The predicted octanol–water partition coefficient (Wildman–Crippen LogP) is 3.86. The van der Waals surface area contributed by atoms with Crippen LogP contribution in [0.1, 0.15) is 44.5 Å². The predicted molar refractivity (Wildman–Crippen MR) is 129 cm³/mol. The number of aromatic nitrogens is 3. The third kappa shape index (κ3) is 4.96. The Balaban J connectivity index is 1.32. The van der Waals surface area contributed by atoms with Crippen LogP contribution in [0.3, 0.4) is 0 Å². The van der Waals surface area contributed by atoms with Crippen LogP contribution in [0.2, 0.25) is 0 Å². The van der Waals surface area contributed by atoms with Crippen LogP contribution in [-0.4, -0.2) is 69.5 Å². The SMILES string of the molecule is CC(C1CC2CCC1C2)n1c(COc2ccccc2F)nnc1SCC(=O)N1CCN(C)CC1. The zero-order valence-corrected chi connectivity index (χ0v) is 20.8. The van der Waals surface area contributed by atoms with Gasteiger partial charge in [-0.3, -0.25) is 9.36 Å². The maximum atomic E-state index is 14.1.